The van der Waals surface area contributed by atoms with E-state index in [4.69, 9.17) is 25.5 Å². The topological polar surface area (TPSA) is 111 Å². The summed E-state index contributed by atoms with van der Waals surface area (Å²) in [5.41, 5.74) is 7.83. The highest BCUT2D eigenvalue weighted by Gasteiger charge is 2.66. The summed E-state index contributed by atoms with van der Waals surface area (Å²) >= 11 is 0. The Morgan fingerprint density at radius 1 is 1.21 bits per heavy atom. The van der Waals surface area contributed by atoms with Crippen molar-refractivity contribution in [2.24, 2.45) is 16.1 Å². The summed E-state index contributed by atoms with van der Waals surface area (Å²) in [5.74, 6) is 0.661. The number of hydrogen-bond donors (Lipinski definition) is 1. The van der Waals surface area contributed by atoms with Gasteiger partial charge in [-0.25, -0.2) is 4.99 Å². The number of ketones is 1. The minimum absolute atomic E-state index is 0.0710. The van der Waals surface area contributed by atoms with Crippen molar-refractivity contribution < 1.29 is 14.3 Å². The molecular formula is C21H18N4O3. The van der Waals surface area contributed by atoms with Gasteiger partial charge in [-0.15, -0.1) is 0 Å². The summed E-state index contributed by atoms with van der Waals surface area (Å²) in [6.45, 7) is 1.01. The number of benzene rings is 1. The highest BCUT2D eigenvalue weighted by atomic mass is 16.5. The molecule has 5 rings (SSSR count). The van der Waals surface area contributed by atoms with Crippen LogP contribution in [0.1, 0.15) is 40.0 Å². The summed E-state index contributed by atoms with van der Waals surface area (Å²) in [6, 6.07) is 11.2. The summed E-state index contributed by atoms with van der Waals surface area (Å²) in [7, 11) is 0. The second-order valence-electron chi connectivity index (χ2n) is 7.64. The van der Waals surface area contributed by atoms with Gasteiger partial charge in [0.1, 0.15) is 29.7 Å². The minimum Gasteiger partial charge on any atom is -0.493 e. The summed E-state index contributed by atoms with van der Waals surface area (Å²) < 4.78 is 11.6. The Kier molecular flexibility index (Phi) is 3.47. The lowest BCUT2D eigenvalue weighted by Crippen LogP contribution is -2.44. The SMILES string of the molecule is N#Cc1ccc(C(=O)Cc2ccc3c(c2)C2(COC(N)=N2)C2(CC2)CO3)nc1. The number of aliphatic imine (C=N–C) groups is 1. The number of nitriles is 1. The monoisotopic (exact) mass is 374 g/mol. The molecular weight excluding hydrogens is 356 g/mol. The van der Waals surface area contributed by atoms with E-state index in [1.165, 1.54) is 6.20 Å². The number of nitrogens with two attached hydrogens (primary N) is 1. The Bertz CT molecular complexity index is 1050. The molecule has 0 radical (unpaired) electrons. The number of rotatable bonds is 3. The van der Waals surface area contributed by atoms with E-state index in [1.54, 1.807) is 12.1 Å². The zero-order valence-corrected chi connectivity index (χ0v) is 15.1. The number of ether oxygens (including phenoxy) is 2. The van der Waals surface area contributed by atoms with Gasteiger partial charge in [0.15, 0.2) is 5.78 Å². The maximum atomic E-state index is 12.6. The van der Waals surface area contributed by atoms with Gasteiger partial charge in [-0.3, -0.25) is 9.78 Å². The maximum absolute atomic E-state index is 12.6. The van der Waals surface area contributed by atoms with Gasteiger partial charge in [0.2, 0.25) is 0 Å². The number of carbonyl (C=O) groups is 1. The lowest BCUT2D eigenvalue weighted by molar-refractivity contribution is 0.0869. The Morgan fingerprint density at radius 3 is 2.71 bits per heavy atom. The van der Waals surface area contributed by atoms with Gasteiger partial charge in [-0.05, 0) is 42.7 Å². The zero-order chi connectivity index (χ0) is 19.4. The van der Waals surface area contributed by atoms with E-state index >= 15 is 0 Å². The number of fused-ring (bicyclic) bond motifs is 3. The number of hydrogen-bond acceptors (Lipinski definition) is 7. The van der Waals surface area contributed by atoms with Crippen molar-refractivity contribution in [3.8, 4) is 11.8 Å². The van der Waals surface area contributed by atoms with Gasteiger partial charge in [-0.1, -0.05) is 6.07 Å². The lowest BCUT2D eigenvalue weighted by Gasteiger charge is -2.39. The van der Waals surface area contributed by atoms with Gasteiger partial charge in [0.25, 0.3) is 6.02 Å². The normalized spacial score (nSPS) is 23.3. The highest BCUT2D eigenvalue weighted by Crippen LogP contribution is 2.65. The predicted molar refractivity (Wildman–Crippen MR) is 99.8 cm³/mol. The molecule has 2 spiro atoms. The fourth-order valence-corrected chi connectivity index (χ4v) is 4.21. The van der Waals surface area contributed by atoms with E-state index in [0.717, 1.165) is 29.7 Å². The van der Waals surface area contributed by atoms with Crippen LogP contribution in [0.5, 0.6) is 5.75 Å². The molecule has 2 N–H and O–H groups in total. The van der Waals surface area contributed by atoms with Crippen molar-refractivity contribution in [2.75, 3.05) is 13.2 Å². The Hall–Kier alpha value is -3.40. The first-order chi connectivity index (χ1) is 13.6. The minimum atomic E-state index is -0.531. The smallest absolute Gasteiger partial charge is 0.283 e. The van der Waals surface area contributed by atoms with Gasteiger partial charge >= 0.3 is 0 Å². The second kappa shape index (κ2) is 5.80. The molecule has 0 amide bonds. The number of Topliss-reactive ketones (excluding diaryl/α,β-unsaturated/α-hetero) is 1. The molecule has 3 aliphatic rings. The molecule has 28 heavy (non-hydrogen) atoms. The Morgan fingerprint density at radius 2 is 2.07 bits per heavy atom. The molecule has 1 aromatic heterocycles. The standard InChI is InChI=1S/C21H18N4O3/c22-9-14-1-3-16(24-10-14)17(26)8-13-2-4-18-15(7-13)21(12-28-19(23)25-21)20(5-6-20)11-27-18/h1-4,7,10H,5-6,8,11-12H2,(H2,23,25). The summed E-state index contributed by atoms with van der Waals surface area (Å²) in [6.07, 6.45) is 3.65. The number of aromatic nitrogens is 1. The van der Waals surface area contributed by atoms with Crippen LogP contribution in [0, 0.1) is 16.7 Å². The van der Waals surface area contributed by atoms with Crippen molar-refractivity contribution in [1.29, 1.82) is 5.26 Å². The molecule has 140 valence electrons. The van der Waals surface area contributed by atoms with E-state index in [1.807, 2.05) is 24.3 Å². The second-order valence-corrected chi connectivity index (χ2v) is 7.64. The summed E-state index contributed by atoms with van der Waals surface area (Å²) in [5, 5.41) is 8.87. The zero-order valence-electron chi connectivity index (χ0n) is 15.1. The van der Waals surface area contributed by atoms with Crippen LogP contribution in [-0.4, -0.2) is 30.0 Å². The Labute approximate surface area is 161 Å². The van der Waals surface area contributed by atoms with Crippen molar-refractivity contribution >= 4 is 11.8 Å². The first-order valence-electron chi connectivity index (χ1n) is 9.19. The third-order valence-electron chi connectivity index (χ3n) is 6.00. The van der Waals surface area contributed by atoms with Gasteiger partial charge in [-0.2, -0.15) is 5.26 Å². The largest absolute Gasteiger partial charge is 0.493 e. The fourth-order valence-electron chi connectivity index (χ4n) is 4.21. The molecule has 7 heteroatoms. The average Bonchev–Trinajstić information content (AvgIpc) is 3.41. The molecule has 3 heterocycles. The molecule has 1 unspecified atom stereocenters. The molecule has 1 aromatic carbocycles. The summed E-state index contributed by atoms with van der Waals surface area (Å²) in [4.78, 5) is 21.4. The van der Waals surface area contributed by atoms with Gasteiger partial charge < -0.3 is 15.2 Å². The molecule has 2 aromatic rings. The van der Waals surface area contributed by atoms with Gasteiger partial charge in [0.05, 0.1) is 12.2 Å². The third-order valence-corrected chi connectivity index (χ3v) is 6.00. The molecule has 0 bridgehead atoms. The maximum Gasteiger partial charge on any atom is 0.283 e. The number of pyridine rings is 1. The first-order valence-corrected chi connectivity index (χ1v) is 9.19. The molecule has 1 saturated carbocycles. The van der Waals surface area contributed by atoms with Gasteiger partial charge in [0, 0.05) is 23.6 Å². The van der Waals surface area contributed by atoms with E-state index in [0.29, 0.717) is 24.5 Å². The van der Waals surface area contributed by atoms with E-state index < -0.39 is 5.54 Å². The van der Waals surface area contributed by atoms with Crippen LogP contribution in [0.15, 0.2) is 41.5 Å². The molecule has 0 saturated heterocycles. The molecule has 1 aliphatic carbocycles. The number of nitrogens with zero attached hydrogens (tertiary/aromatic N) is 3. The fraction of sp³-hybridized carbons (Fsp3) is 0.333. The molecule has 2 aliphatic heterocycles. The highest BCUT2D eigenvalue weighted by molar-refractivity contribution is 5.95. The molecule has 1 fully saturated rings. The van der Waals surface area contributed by atoms with Crippen LogP contribution in [0.25, 0.3) is 0 Å². The Balaban J connectivity index is 1.48. The number of amidine groups is 1. The van der Waals surface area contributed by atoms with Crippen LogP contribution in [0.2, 0.25) is 0 Å². The van der Waals surface area contributed by atoms with E-state index in [9.17, 15) is 4.79 Å². The van der Waals surface area contributed by atoms with Crippen LogP contribution in [0.3, 0.4) is 0 Å². The first kappa shape index (κ1) is 16.8. The van der Waals surface area contributed by atoms with E-state index in [-0.39, 0.29) is 23.6 Å². The molecule has 7 nitrogen and oxygen atoms in total. The quantitative estimate of drug-likeness (QED) is 0.824. The lowest BCUT2D eigenvalue weighted by atomic mass is 9.74. The number of carbonyl (C=O) groups excluding carboxylic acids is 1. The predicted octanol–water partition coefficient (Wildman–Crippen LogP) is 2.09. The molecule has 1 atom stereocenters. The van der Waals surface area contributed by atoms with Crippen molar-refractivity contribution in [1.82, 2.24) is 4.98 Å². The van der Waals surface area contributed by atoms with Crippen LogP contribution in [-0.2, 0) is 16.7 Å². The van der Waals surface area contributed by atoms with E-state index in [2.05, 4.69) is 4.98 Å². The third kappa shape index (κ3) is 2.38. The van der Waals surface area contributed by atoms with Crippen molar-refractivity contribution in [2.45, 2.75) is 24.8 Å². The average molecular weight is 374 g/mol. The van der Waals surface area contributed by atoms with Crippen LogP contribution < -0.4 is 10.5 Å². The van der Waals surface area contributed by atoms with Crippen LogP contribution >= 0.6 is 0 Å². The van der Waals surface area contributed by atoms with Crippen molar-refractivity contribution in [3.05, 3.63) is 58.9 Å². The van der Waals surface area contributed by atoms with Crippen molar-refractivity contribution in [3.63, 3.8) is 0 Å². The van der Waals surface area contributed by atoms with Crippen LogP contribution in [0.4, 0.5) is 0 Å².